The molecule has 0 radical (unpaired) electrons. The van der Waals surface area contributed by atoms with Gasteiger partial charge in [0.2, 0.25) is 0 Å². The summed E-state index contributed by atoms with van der Waals surface area (Å²) >= 11 is 0. The number of nitrogens with zero attached hydrogens (tertiary/aromatic N) is 1. The third-order valence-corrected chi connectivity index (χ3v) is 3.87. The van der Waals surface area contributed by atoms with Gasteiger partial charge in [0.15, 0.2) is 0 Å². The van der Waals surface area contributed by atoms with E-state index in [-0.39, 0.29) is 5.41 Å². The molecule has 0 amide bonds. The normalized spacial score (nSPS) is 16.1. The van der Waals surface area contributed by atoms with E-state index in [1.54, 1.807) is 25.3 Å². The summed E-state index contributed by atoms with van der Waals surface area (Å²) < 4.78 is 5.32. The van der Waals surface area contributed by atoms with Crippen LogP contribution in [0.4, 0.5) is 5.69 Å². The number of rotatable bonds is 3. The molecule has 19 heavy (non-hydrogen) atoms. The van der Waals surface area contributed by atoms with Gasteiger partial charge in [-0.15, -0.1) is 0 Å². The molecule has 1 aromatic carbocycles. The standard InChI is InChI=1S/C15H21NO3/c1-15(2,3)11-8-16(9-11)12-7-10(14(17)18)5-6-13(12)19-4/h5-7,11H,8-9H2,1-4H3,(H,17,18). The summed E-state index contributed by atoms with van der Waals surface area (Å²) in [7, 11) is 1.61. The predicted octanol–water partition coefficient (Wildman–Crippen LogP) is 2.88. The number of anilines is 1. The molecule has 4 nitrogen and oxygen atoms in total. The molecule has 1 saturated heterocycles. The second kappa shape index (κ2) is 4.76. The van der Waals surface area contributed by atoms with Crippen molar-refractivity contribution in [2.24, 2.45) is 11.3 Å². The Balaban J connectivity index is 2.21. The molecule has 4 heteroatoms. The third-order valence-electron chi connectivity index (χ3n) is 3.87. The lowest BCUT2D eigenvalue weighted by Crippen LogP contribution is -2.52. The highest BCUT2D eigenvalue weighted by Gasteiger charge is 2.36. The van der Waals surface area contributed by atoms with Gasteiger partial charge in [-0.1, -0.05) is 20.8 Å². The first-order chi connectivity index (χ1) is 8.82. The van der Waals surface area contributed by atoms with Crippen molar-refractivity contribution in [3.63, 3.8) is 0 Å². The van der Waals surface area contributed by atoms with Crippen LogP contribution in [0.2, 0.25) is 0 Å². The molecule has 0 unspecified atom stereocenters. The molecular formula is C15H21NO3. The van der Waals surface area contributed by atoms with Crippen molar-refractivity contribution in [1.82, 2.24) is 0 Å². The van der Waals surface area contributed by atoms with E-state index in [1.807, 2.05) is 0 Å². The SMILES string of the molecule is COc1ccc(C(=O)O)cc1N1CC(C(C)(C)C)C1. The third kappa shape index (κ3) is 2.67. The lowest BCUT2D eigenvalue weighted by Gasteiger charge is -2.48. The number of carboxylic acids is 1. The number of benzene rings is 1. The Morgan fingerprint density at radius 2 is 2.00 bits per heavy atom. The molecule has 1 N–H and O–H groups in total. The van der Waals surface area contributed by atoms with Gasteiger partial charge in [0.05, 0.1) is 18.4 Å². The van der Waals surface area contributed by atoms with E-state index >= 15 is 0 Å². The van der Waals surface area contributed by atoms with Gasteiger partial charge in [-0.2, -0.15) is 0 Å². The van der Waals surface area contributed by atoms with Gasteiger partial charge in [0.25, 0.3) is 0 Å². The molecular weight excluding hydrogens is 242 g/mol. The first kappa shape index (κ1) is 13.7. The fraction of sp³-hybridized carbons (Fsp3) is 0.533. The molecule has 0 aromatic heterocycles. The van der Waals surface area contributed by atoms with Crippen LogP contribution in [0.1, 0.15) is 31.1 Å². The molecule has 0 atom stereocenters. The van der Waals surface area contributed by atoms with Crippen molar-refractivity contribution >= 4 is 11.7 Å². The zero-order chi connectivity index (χ0) is 14.2. The lowest BCUT2D eigenvalue weighted by atomic mass is 9.76. The Morgan fingerprint density at radius 1 is 1.37 bits per heavy atom. The molecule has 0 aliphatic carbocycles. The number of carboxylic acid groups (broad SMARTS) is 1. The van der Waals surface area contributed by atoms with Crippen LogP contribution < -0.4 is 9.64 Å². The lowest BCUT2D eigenvalue weighted by molar-refractivity contribution is 0.0697. The number of carbonyl (C=O) groups is 1. The number of aromatic carboxylic acids is 1. The Kier molecular flexibility index (Phi) is 3.43. The van der Waals surface area contributed by atoms with Gasteiger partial charge in [0, 0.05) is 13.1 Å². The topological polar surface area (TPSA) is 49.8 Å². The van der Waals surface area contributed by atoms with Crippen LogP contribution >= 0.6 is 0 Å². The molecule has 0 spiro atoms. The highest BCUT2D eigenvalue weighted by atomic mass is 16.5. The highest BCUT2D eigenvalue weighted by molar-refractivity contribution is 5.89. The van der Waals surface area contributed by atoms with Crippen LogP contribution in [0.25, 0.3) is 0 Å². The zero-order valence-corrected chi connectivity index (χ0v) is 11.9. The zero-order valence-electron chi connectivity index (χ0n) is 11.9. The summed E-state index contributed by atoms with van der Waals surface area (Å²) in [6, 6.07) is 4.99. The minimum atomic E-state index is -0.906. The van der Waals surface area contributed by atoms with E-state index < -0.39 is 5.97 Å². The van der Waals surface area contributed by atoms with Crippen LogP contribution in [0.15, 0.2) is 18.2 Å². The van der Waals surface area contributed by atoms with E-state index in [2.05, 4.69) is 25.7 Å². The summed E-state index contributed by atoms with van der Waals surface area (Å²) in [5, 5.41) is 9.07. The summed E-state index contributed by atoms with van der Waals surface area (Å²) in [5.41, 5.74) is 1.46. The van der Waals surface area contributed by atoms with Gasteiger partial charge in [-0.05, 0) is 29.5 Å². The van der Waals surface area contributed by atoms with E-state index in [1.165, 1.54) is 0 Å². The van der Waals surface area contributed by atoms with Crippen LogP contribution in [0, 0.1) is 11.3 Å². The minimum absolute atomic E-state index is 0.286. The van der Waals surface area contributed by atoms with Gasteiger partial charge in [0.1, 0.15) is 5.75 Å². The Hall–Kier alpha value is -1.71. The smallest absolute Gasteiger partial charge is 0.335 e. The van der Waals surface area contributed by atoms with Gasteiger partial charge in [-0.25, -0.2) is 4.79 Å². The Labute approximate surface area is 114 Å². The number of hydrogen-bond acceptors (Lipinski definition) is 3. The molecule has 1 aliphatic rings. The van der Waals surface area contributed by atoms with E-state index in [0.717, 1.165) is 24.5 Å². The predicted molar refractivity (Wildman–Crippen MR) is 75.1 cm³/mol. The average Bonchev–Trinajstić information content (AvgIpc) is 2.24. The summed E-state index contributed by atoms with van der Waals surface area (Å²) in [6.45, 7) is 8.60. The largest absolute Gasteiger partial charge is 0.495 e. The quantitative estimate of drug-likeness (QED) is 0.911. The summed E-state index contributed by atoms with van der Waals surface area (Å²) in [5.74, 6) is 0.458. The summed E-state index contributed by atoms with van der Waals surface area (Å²) in [4.78, 5) is 13.2. The molecule has 1 aliphatic heterocycles. The van der Waals surface area contributed by atoms with Crippen molar-refractivity contribution in [3.8, 4) is 5.75 Å². The molecule has 1 fully saturated rings. The van der Waals surface area contributed by atoms with Gasteiger partial charge in [-0.3, -0.25) is 0 Å². The maximum Gasteiger partial charge on any atom is 0.335 e. The van der Waals surface area contributed by atoms with Crippen LogP contribution in [-0.4, -0.2) is 31.3 Å². The monoisotopic (exact) mass is 263 g/mol. The molecule has 0 saturated carbocycles. The van der Waals surface area contributed by atoms with Crippen LogP contribution in [-0.2, 0) is 0 Å². The fourth-order valence-corrected chi connectivity index (χ4v) is 2.29. The average molecular weight is 263 g/mol. The highest BCUT2D eigenvalue weighted by Crippen LogP contribution is 2.40. The van der Waals surface area contributed by atoms with E-state index in [9.17, 15) is 4.79 Å². The Bertz CT molecular complexity index is 485. The number of ether oxygens (including phenoxy) is 1. The maximum atomic E-state index is 11.0. The first-order valence-electron chi connectivity index (χ1n) is 6.49. The molecule has 1 aromatic rings. The second-order valence-electron chi connectivity index (χ2n) is 6.16. The molecule has 2 rings (SSSR count). The first-order valence-corrected chi connectivity index (χ1v) is 6.49. The van der Waals surface area contributed by atoms with Crippen molar-refractivity contribution in [1.29, 1.82) is 0 Å². The van der Waals surface area contributed by atoms with Crippen molar-refractivity contribution in [2.45, 2.75) is 20.8 Å². The number of methoxy groups -OCH3 is 1. The molecule has 0 bridgehead atoms. The molecule has 1 heterocycles. The van der Waals surface area contributed by atoms with E-state index in [0.29, 0.717) is 11.5 Å². The van der Waals surface area contributed by atoms with Crippen LogP contribution in [0.3, 0.4) is 0 Å². The minimum Gasteiger partial charge on any atom is -0.495 e. The van der Waals surface area contributed by atoms with Crippen molar-refractivity contribution in [3.05, 3.63) is 23.8 Å². The van der Waals surface area contributed by atoms with Crippen LogP contribution in [0.5, 0.6) is 5.75 Å². The summed E-state index contributed by atoms with van der Waals surface area (Å²) in [6.07, 6.45) is 0. The Morgan fingerprint density at radius 3 is 2.47 bits per heavy atom. The van der Waals surface area contributed by atoms with Gasteiger partial charge >= 0.3 is 5.97 Å². The van der Waals surface area contributed by atoms with Crippen molar-refractivity contribution < 1.29 is 14.6 Å². The number of hydrogen-bond donors (Lipinski definition) is 1. The second-order valence-corrected chi connectivity index (χ2v) is 6.16. The fourth-order valence-electron chi connectivity index (χ4n) is 2.29. The van der Waals surface area contributed by atoms with Gasteiger partial charge < -0.3 is 14.7 Å². The van der Waals surface area contributed by atoms with Crippen molar-refractivity contribution in [2.75, 3.05) is 25.1 Å². The molecule has 104 valence electrons. The maximum absolute atomic E-state index is 11.0. The van der Waals surface area contributed by atoms with E-state index in [4.69, 9.17) is 9.84 Å².